The van der Waals surface area contributed by atoms with Crippen molar-refractivity contribution in [3.63, 3.8) is 0 Å². The molecule has 1 heterocycles. The van der Waals surface area contributed by atoms with Crippen molar-refractivity contribution >= 4 is 29.2 Å². The van der Waals surface area contributed by atoms with Gasteiger partial charge in [-0.05, 0) is 68.2 Å². The van der Waals surface area contributed by atoms with Gasteiger partial charge in [-0.1, -0.05) is 61.2 Å². The van der Waals surface area contributed by atoms with Crippen LogP contribution < -0.4 is 16.4 Å². The van der Waals surface area contributed by atoms with Crippen molar-refractivity contribution in [2.75, 3.05) is 4.90 Å². The van der Waals surface area contributed by atoms with Crippen LogP contribution in [-0.2, 0) is 5.60 Å². The van der Waals surface area contributed by atoms with E-state index in [2.05, 4.69) is 4.99 Å². The van der Waals surface area contributed by atoms with Gasteiger partial charge in [0.05, 0.1) is 5.69 Å². The molecule has 6 nitrogen and oxygen atoms in total. The SMILES string of the molecule is NC1=NC2(CCCCC2)N(c2ccc(Cl)cc2C(O)(c2ccccc2)C2CCCC2)C(N)=N1. The van der Waals surface area contributed by atoms with E-state index in [-0.39, 0.29) is 11.9 Å². The second-order valence-electron chi connectivity index (χ2n) is 9.59. The van der Waals surface area contributed by atoms with Gasteiger partial charge in [0.25, 0.3) is 0 Å². The third-order valence-electron chi connectivity index (χ3n) is 7.62. The molecule has 1 atom stereocenters. The molecule has 174 valence electrons. The first-order valence-corrected chi connectivity index (χ1v) is 12.4. The van der Waals surface area contributed by atoms with Crippen LogP contribution in [0.5, 0.6) is 0 Å². The van der Waals surface area contributed by atoms with Crippen LogP contribution in [-0.4, -0.2) is 22.7 Å². The average Bonchev–Trinajstić information content (AvgIpc) is 3.36. The largest absolute Gasteiger partial charge is 0.380 e. The lowest BCUT2D eigenvalue weighted by Crippen LogP contribution is -2.59. The van der Waals surface area contributed by atoms with Crippen LogP contribution in [0.3, 0.4) is 0 Å². The minimum atomic E-state index is -1.21. The summed E-state index contributed by atoms with van der Waals surface area (Å²) in [6.07, 6.45) is 9.02. The summed E-state index contributed by atoms with van der Waals surface area (Å²) in [5.41, 5.74) is 13.3. The smallest absolute Gasteiger partial charge is 0.220 e. The lowest BCUT2D eigenvalue weighted by molar-refractivity contribution is 0.0192. The van der Waals surface area contributed by atoms with E-state index in [0.717, 1.165) is 74.6 Å². The molecule has 1 aliphatic heterocycles. The molecule has 0 aromatic heterocycles. The Labute approximate surface area is 200 Å². The maximum absolute atomic E-state index is 12.6. The number of anilines is 1. The molecule has 2 saturated carbocycles. The molecule has 2 aromatic carbocycles. The number of hydrogen-bond acceptors (Lipinski definition) is 6. The van der Waals surface area contributed by atoms with Gasteiger partial charge in [-0.2, -0.15) is 4.99 Å². The van der Waals surface area contributed by atoms with E-state index >= 15 is 0 Å². The van der Waals surface area contributed by atoms with Crippen molar-refractivity contribution in [1.29, 1.82) is 0 Å². The van der Waals surface area contributed by atoms with Gasteiger partial charge in [0.2, 0.25) is 11.9 Å². The molecule has 1 spiro atoms. The summed E-state index contributed by atoms with van der Waals surface area (Å²) >= 11 is 6.55. The highest BCUT2D eigenvalue weighted by Crippen LogP contribution is 2.50. The summed E-state index contributed by atoms with van der Waals surface area (Å²) in [5.74, 6) is 0.612. The number of halogens is 1. The van der Waals surface area contributed by atoms with Gasteiger partial charge in [0.1, 0.15) is 11.3 Å². The van der Waals surface area contributed by atoms with Crippen molar-refractivity contribution in [3.8, 4) is 0 Å². The Hall–Kier alpha value is -2.57. The molecule has 2 aliphatic carbocycles. The second-order valence-corrected chi connectivity index (χ2v) is 10.0. The molecule has 1 unspecified atom stereocenters. The monoisotopic (exact) mass is 465 g/mol. The van der Waals surface area contributed by atoms with Crippen molar-refractivity contribution in [3.05, 3.63) is 64.7 Å². The Bertz CT molecular complexity index is 1070. The maximum atomic E-state index is 12.6. The highest BCUT2D eigenvalue weighted by Gasteiger charge is 2.48. The number of nitrogens with zero attached hydrogens (tertiary/aromatic N) is 3. The van der Waals surface area contributed by atoms with Gasteiger partial charge >= 0.3 is 0 Å². The average molecular weight is 466 g/mol. The Morgan fingerprint density at radius 2 is 1.67 bits per heavy atom. The Morgan fingerprint density at radius 3 is 2.36 bits per heavy atom. The van der Waals surface area contributed by atoms with Crippen LogP contribution in [0.1, 0.15) is 68.9 Å². The number of nitrogens with two attached hydrogens (primary N) is 2. The van der Waals surface area contributed by atoms with Crippen LogP contribution in [0.4, 0.5) is 5.69 Å². The minimum Gasteiger partial charge on any atom is -0.380 e. The normalized spacial score (nSPS) is 22.7. The predicted octanol–water partition coefficient (Wildman–Crippen LogP) is 4.88. The van der Waals surface area contributed by atoms with E-state index in [0.29, 0.717) is 11.0 Å². The van der Waals surface area contributed by atoms with Crippen LogP contribution in [0.2, 0.25) is 5.02 Å². The molecule has 0 bridgehead atoms. The summed E-state index contributed by atoms with van der Waals surface area (Å²) in [5, 5.41) is 13.2. The van der Waals surface area contributed by atoms with E-state index < -0.39 is 11.3 Å². The molecule has 0 saturated heterocycles. The standard InChI is InChI=1S/C26H32ClN5O/c27-20-13-14-22(32-24(29)30-23(28)31-25(32)15-7-2-8-16-25)21(17-20)26(33,19-11-5-6-12-19)18-9-3-1-4-10-18/h1,3-4,9-10,13-14,17,19,33H,2,5-8,11-12,15-16H2,(H4,28,29,30,31). The molecule has 33 heavy (non-hydrogen) atoms. The predicted molar refractivity (Wildman–Crippen MR) is 134 cm³/mol. The van der Waals surface area contributed by atoms with E-state index in [1.165, 1.54) is 0 Å². The van der Waals surface area contributed by atoms with E-state index in [1.807, 2.05) is 53.4 Å². The molecule has 5 rings (SSSR count). The van der Waals surface area contributed by atoms with E-state index in [4.69, 9.17) is 28.1 Å². The zero-order chi connectivity index (χ0) is 23.1. The van der Waals surface area contributed by atoms with E-state index in [9.17, 15) is 5.11 Å². The first kappa shape index (κ1) is 22.2. The Balaban J connectivity index is 1.73. The van der Waals surface area contributed by atoms with Gasteiger partial charge in [0.15, 0.2) is 0 Å². The molecular weight excluding hydrogens is 434 g/mol. The third kappa shape index (κ3) is 3.79. The van der Waals surface area contributed by atoms with E-state index in [1.54, 1.807) is 0 Å². The second kappa shape index (κ2) is 8.65. The van der Waals surface area contributed by atoms with Crippen molar-refractivity contribution in [2.45, 2.75) is 69.1 Å². The summed E-state index contributed by atoms with van der Waals surface area (Å²) in [7, 11) is 0. The number of aliphatic hydroxyl groups is 1. The van der Waals surface area contributed by atoms with Crippen molar-refractivity contribution in [2.24, 2.45) is 27.4 Å². The molecule has 7 heteroatoms. The number of guanidine groups is 2. The number of hydrogen-bond donors (Lipinski definition) is 3. The molecule has 2 fully saturated rings. The Kier molecular flexibility index (Phi) is 5.83. The third-order valence-corrected chi connectivity index (χ3v) is 7.86. The van der Waals surface area contributed by atoms with Gasteiger partial charge in [0, 0.05) is 10.6 Å². The quantitative estimate of drug-likeness (QED) is 0.599. The summed E-state index contributed by atoms with van der Waals surface area (Å²) in [6, 6.07) is 15.6. The molecule has 0 radical (unpaired) electrons. The summed E-state index contributed by atoms with van der Waals surface area (Å²) in [4.78, 5) is 11.2. The number of rotatable bonds is 4. The fraction of sp³-hybridized carbons (Fsp3) is 0.462. The molecule has 5 N–H and O–H groups in total. The van der Waals surface area contributed by atoms with Crippen LogP contribution in [0.25, 0.3) is 0 Å². The van der Waals surface area contributed by atoms with Gasteiger partial charge in [-0.3, -0.25) is 4.90 Å². The summed E-state index contributed by atoms with van der Waals surface area (Å²) in [6.45, 7) is 0. The van der Waals surface area contributed by atoms with Gasteiger partial charge in [-0.15, -0.1) is 0 Å². The Morgan fingerprint density at radius 1 is 0.970 bits per heavy atom. The molecule has 0 amide bonds. The number of aliphatic imine (C=N–C) groups is 2. The van der Waals surface area contributed by atoms with Crippen LogP contribution in [0.15, 0.2) is 58.5 Å². The van der Waals surface area contributed by atoms with Crippen molar-refractivity contribution in [1.82, 2.24) is 0 Å². The summed E-state index contributed by atoms with van der Waals surface area (Å²) < 4.78 is 0. The van der Waals surface area contributed by atoms with Gasteiger partial charge in [-0.25, -0.2) is 4.99 Å². The zero-order valence-electron chi connectivity index (χ0n) is 18.9. The lowest BCUT2D eigenvalue weighted by atomic mass is 9.74. The van der Waals surface area contributed by atoms with Crippen LogP contribution >= 0.6 is 11.6 Å². The maximum Gasteiger partial charge on any atom is 0.220 e. The molecule has 3 aliphatic rings. The van der Waals surface area contributed by atoms with Crippen molar-refractivity contribution < 1.29 is 5.11 Å². The minimum absolute atomic E-state index is 0.0796. The lowest BCUT2D eigenvalue weighted by Gasteiger charge is -2.48. The first-order valence-electron chi connectivity index (χ1n) is 12.0. The fourth-order valence-electron chi connectivity index (χ4n) is 6.13. The first-order chi connectivity index (χ1) is 15.9. The fourth-order valence-corrected chi connectivity index (χ4v) is 6.30. The van der Waals surface area contributed by atoms with Crippen LogP contribution in [0, 0.1) is 5.92 Å². The molecular formula is C26H32ClN5O. The zero-order valence-corrected chi connectivity index (χ0v) is 19.6. The van der Waals surface area contributed by atoms with Gasteiger partial charge < -0.3 is 16.6 Å². The molecule has 2 aromatic rings. The highest BCUT2D eigenvalue weighted by atomic mass is 35.5. The number of benzene rings is 2. The topological polar surface area (TPSA) is 100 Å². The highest BCUT2D eigenvalue weighted by molar-refractivity contribution is 6.30.